The molecule has 160 valence electrons. The number of thiophene rings is 1. The van der Waals surface area contributed by atoms with E-state index in [0.717, 1.165) is 21.2 Å². The Morgan fingerprint density at radius 1 is 1.23 bits per heavy atom. The second-order valence-corrected chi connectivity index (χ2v) is 8.36. The van der Waals surface area contributed by atoms with Crippen molar-refractivity contribution in [3.05, 3.63) is 52.2 Å². The number of urea groups is 1. The van der Waals surface area contributed by atoms with E-state index in [2.05, 4.69) is 10.7 Å². The lowest BCUT2D eigenvalue weighted by Gasteiger charge is -2.24. The maximum absolute atomic E-state index is 12.7. The molecular weight excluding hydrogens is 404 g/mol. The molecule has 9 heteroatoms. The molecule has 0 radical (unpaired) electrons. The minimum atomic E-state index is -1.00. The molecule has 2 aromatic rings. The highest BCUT2D eigenvalue weighted by Gasteiger charge is 2.47. The number of rotatable bonds is 9. The number of imide groups is 1. The molecule has 1 saturated heterocycles. The normalized spacial score (nSPS) is 18.6. The first-order valence-electron chi connectivity index (χ1n) is 9.69. The first-order chi connectivity index (χ1) is 14.4. The number of hydrogen-bond acceptors (Lipinski definition) is 6. The second-order valence-electron chi connectivity index (χ2n) is 7.33. The number of ether oxygens (including phenoxy) is 1. The molecule has 1 aliphatic rings. The molecule has 4 amide bonds. The van der Waals surface area contributed by atoms with Crippen LogP contribution in [0.4, 0.5) is 4.79 Å². The molecule has 0 aliphatic carbocycles. The number of carbonyl (C=O) groups excluding carboxylic acids is 3. The minimum Gasteiger partial charge on any atom is -0.496 e. The van der Waals surface area contributed by atoms with Gasteiger partial charge in [-0.3, -0.25) is 19.9 Å². The summed E-state index contributed by atoms with van der Waals surface area (Å²) >= 11 is 1.60. The van der Waals surface area contributed by atoms with E-state index in [1.165, 1.54) is 0 Å². The molecule has 2 N–H and O–H groups in total. The van der Waals surface area contributed by atoms with Crippen LogP contribution in [0.1, 0.15) is 30.7 Å². The van der Waals surface area contributed by atoms with Crippen molar-refractivity contribution in [1.29, 1.82) is 0 Å². The SMILES string of the molecule is CCC1(C)NC(=O)N(NC(=O)CN(Cc2cccs2)Cc2ccccc2OC)C1=O. The van der Waals surface area contributed by atoms with Gasteiger partial charge in [0.25, 0.3) is 11.8 Å². The van der Waals surface area contributed by atoms with E-state index in [-0.39, 0.29) is 6.54 Å². The van der Waals surface area contributed by atoms with Crippen molar-refractivity contribution >= 4 is 29.2 Å². The summed E-state index contributed by atoms with van der Waals surface area (Å²) in [4.78, 5) is 40.4. The fourth-order valence-corrected chi connectivity index (χ4v) is 4.00. The maximum atomic E-state index is 12.7. The predicted octanol–water partition coefficient (Wildman–Crippen LogP) is 2.51. The van der Waals surface area contributed by atoms with Gasteiger partial charge in [0.2, 0.25) is 0 Å². The van der Waals surface area contributed by atoms with Gasteiger partial charge in [0, 0.05) is 23.5 Å². The second kappa shape index (κ2) is 9.27. The highest BCUT2D eigenvalue weighted by molar-refractivity contribution is 7.09. The molecule has 3 rings (SSSR count). The number of nitrogens with one attached hydrogen (secondary N) is 2. The van der Waals surface area contributed by atoms with Crippen LogP contribution >= 0.6 is 11.3 Å². The van der Waals surface area contributed by atoms with Crippen LogP contribution < -0.4 is 15.5 Å². The third kappa shape index (κ3) is 4.80. The molecule has 1 aromatic carbocycles. The number of nitrogens with zero attached hydrogens (tertiary/aromatic N) is 2. The van der Waals surface area contributed by atoms with E-state index in [1.807, 2.05) is 46.7 Å². The predicted molar refractivity (Wildman–Crippen MR) is 114 cm³/mol. The monoisotopic (exact) mass is 430 g/mol. The van der Waals surface area contributed by atoms with E-state index in [0.29, 0.717) is 19.5 Å². The van der Waals surface area contributed by atoms with E-state index in [9.17, 15) is 14.4 Å². The molecule has 0 spiro atoms. The number of hydrazine groups is 1. The molecule has 8 nitrogen and oxygen atoms in total. The van der Waals surface area contributed by atoms with Gasteiger partial charge in [-0.05, 0) is 30.9 Å². The van der Waals surface area contributed by atoms with Crippen molar-refractivity contribution in [3.63, 3.8) is 0 Å². The standard InChI is InChI=1S/C21H26N4O4S/c1-4-21(2)19(27)25(20(28)22-21)23-18(26)14-24(13-16-9-7-11-30-16)12-15-8-5-6-10-17(15)29-3/h5-11H,4,12-14H2,1-3H3,(H,22,28)(H,23,26). The summed E-state index contributed by atoms with van der Waals surface area (Å²) in [6.45, 7) is 4.48. The summed E-state index contributed by atoms with van der Waals surface area (Å²) in [7, 11) is 1.61. The first-order valence-corrected chi connectivity index (χ1v) is 10.6. The van der Waals surface area contributed by atoms with E-state index >= 15 is 0 Å². The summed E-state index contributed by atoms with van der Waals surface area (Å²) < 4.78 is 5.43. The topological polar surface area (TPSA) is 91.0 Å². The summed E-state index contributed by atoms with van der Waals surface area (Å²) in [5.41, 5.74) is 2.40. The molecule has 0 bridgehead atoms. The maximum Gasteiger partial charge on any atom is 0.344 e. The number of amides is 4. The third-order valence-corrected chi connectivity index (χ3v) is 5.98. The quantitative estimate of drug-likeness (QED) is 0.597. The van der Waals surface area contributed by atoms with Crippen LogP contribution in [0.2, 0.25) is 0 Å². The van der Waals surface area contributed by atoms with Crippen molar-refractivity contribution in [1.82, 2.24) is 20.7 Å². The molecule has 1 unspecified atom stereocenters. The summed E-state index contributed by atoms with van der Waals surface area (Å²) in [6, 6.07) is 11.0. The molecular formula is C21H26N4O4S. The highest BCUT2D eigenvalue weighted by Crippen LogP contribution is 2.22. The van der Waals surface area contributed by atoms with Gasteiger partial charge in [-0.15, -0.1) is 11.3 Å². The average molecular weight is 431 g/mol. The number of carbonyl (C=O) groups is 3. The number of para-hydroxylation sites is 1. The molecule has 0 saturated carbocycles. The van der Waals surface area contributed by atoms with Gasteiger partial charge in [-0.2, -0.15) is 5.01 Å². The van der Waals surface area contributed by atoms with Gasteiger partial charge in [0.1, 0.15) is 11.3 Å². The molecule has 2 heterocycles. The van der Waals surface area contributed by atoms with Crippen molar-refractivity contribution < 1.29 is 19.1 Å². The lowest BCUT2D eigenvalue weighted by atomic mass is 10.00. The van der Waals surface area contributed by atoms with Crippen LogP contribution in [0, 0.1) is 0 Å². The Hall–Kier alpha value is -2.91. The van der Waals surface area contributed by atoms with E-state index in [4.69, 9.17) is 4.74 Å². The van der Waals surface area contributed by atoms with Crippen molar-refractivity contribution in [2.75, 3.05) is 13.7 Å². The first kappa shape index (κ1) is 21.8. The van der Waals surface area contributed by atoms with Crippen LogP contribution in [0.25, 0.3) is 0 Å². The number of hydrogen-bond donors (Lipinski definition) is 2. The zero-order chi connectivity index (χ0) is 21.7. The fourth-order valence-electron chi connectivity index (χ4n) is 3.25. The van der Waals surface area contributed by atoms with Gasteiger partial charge in [0.15, 0.2) is 0 Å². The van der Waals surface area contributed by atoms with Gasteiger partial charge in [0.05, 0.1) is 13.7 Å². The Kier molecular flexibility index (Phi) is 6.73. The minimum absolute atomic E-state index is 0.00977. The lowest BCUT2D eigenvalue weighted by Crippen LogP contribution is -2.51. The highest BCUT2D eigenvalue weighted by atomic mass is 32.1. The smallest absolute Gasteiger partial charge is 0.344 e. The Morgan fingerprint density at radius 2 is 2.00 bits per heavy atom. The zero-order valence-corrected chi connectivity index (χ0v) is 18.1. The molecule has 1 aromatic heterocycles. The molecule has 1 fully saturated rings. The fraction of sp³-hybridized carbons (Fsp3) is 0.381. The lowest BCUT2D eigenvalue weighted by molar-refractivity contribution is -0.139. The zero-order valence-electron chi connectivity index (χ0n) is 17.3. The summed E-state index contributed by atoms with van der Waals surface area (Å²) in [5.74, 6) is -0.162. The Bertz CT molecular complexity index is 917. The Morgan fingerprint density at radius 3 is 2.63 bits per heavy atom. The van der Waals surface area contributed by atoms with Crippen LogP contribution in [-0.4, -0.2) is 46.9 Å². The van der Waals surface area contributed by atoms with Crippen molar-refractivity contribution in [2.45, 2.75) is 38.9 Å². The van der Waals surface area contributed by atoms with Gasteiger partial charge in [-0.25, -0.2) is 4.79 Å². The average Bonchev–Trinajstić information content (AvgIpc) is 3.31. The molecule has 30 heavy (non-hydrogen) atoms. The summed E-state index contributed by atoms with van der Waals surface area (Å²) in [5, 5.41) is 5.38. The number of methoxy groups -OCH3 is 1. The van der Waals surface area contributed by atoms with E-state index < -0.39 is 23.4 Å². The van der Waals surface area contributed by atoms with Gasteiger partial charge >= 0.3 is 6.03 Å². The summed E-state index contributed by atoms with van der Waals surface area (Å²) in [6.07, 6.45) is 0.433. The van der Waals surface area contributed by atoms with Gasteiger partial charge in [-0.1, -0.05) is 31.2 Å². The van der Waals surface area contributed by atoms with Crippen LogP contribution in [0.15, 0.2) is 41.8 Å². The number of benzene rings is 1. The van der Waals surface area contributed by atoms with Crippen LogP contribution in [0.3, 0.4) is 0 Å². The Labute approximate surface area is 179 Å². The van der Waals surface area contributed by atoms with Crippen molar-refractivity contribution in [3.8, 4) is 5.75 Å². The molecule has 1 atom stereocenters. The van der Waals surface area contributed by atoms with E-state index in [1.54, 1.807) is 32.3 Å². The third-order valence-electron chi connectivity index (χ3n) is 5.12. The Balaban J connectivity index is 1.72. The van der Waals surface area contributed by atoms with Crippen molar-refractivity contribution in [2.24, 2.45) is 0 Å². The van der Waals surface area contributed by atoms with Crippen LogP contribution in [0.5, 0.6) is 5.75 Å². The molecule has 1 aliphatic heterocycles. The van der Waals surface area contributed by atoms with Gasteiger partial charge < -0.3 is 10.1 Å². The van der Waals surface area contributed by atoms with Crippen LogP contribution in [-0.2, 0) is 22.7 Å². The largest absolute Gasteiger partial charge is 0.496 e.